The molecule has 0 aliphatic heterocycles. The maximum absolute atomic E-state index is 12.0. The van der Waals surface area contributed by atoms with Crippen molar-refractivity contribution in [2.45, 2.75) is 6.42 Å². The van der Waals surface area contributed by atoms with Crippen LogP contribution in [0.2, 0.25) is 5.02 Å². The summed E-state index contributed by atoms with van der Waals surface area (Å²) in [5, 5.41) is 11.0. The van der Waals surface area contributed by atoms with E-state index < -0.39 is 0 Å². The molecule has 0 aliphatic rings. The molecule has 0 fully saturated rings. The van der Waals surface area contributed by atoms with Crippen LogP contribution in [-0.2, 0) is 11.2 Å². The van der Waals surface area contributed by atoms with Crippen LogP contribution >= 0.6 is 11.6 Å². The van der Waals surface area contributed by atoms with Crippen LogP contribution in [0.4, 0.5) is 5.82 Å². The zero-order chi connectivity index (χ0) is 13.9. The largest absolute Gasteiger partial charge is 0.310 e. The summed E-state index contributed by atoms with van der Waals surface area (Å²) >= 11 is 5.81. The van der Waals surface area contributed by atoms with Crippen LogP contribution in [-0.4, -0.2) is 21.1 Å². The van der Waals surface area contributed by atoms with Crippen LogP contribution in [0.3, 0.4) is 0 Å². The minimum Gasteiger partial charge on any atom is -0.310 e. The number of rotatable bonds is 3. The van der Waals surface area contributed by atoms with E-state index in [2.05, 4.69) is 20.5 Å². The van der Waals surface area contributed by atoms with E-state index in [0.29, 0.717) is 16.5 Å². The van der Waals surface area contributed by atoms with Gasteiger partial charge >= 0.3 is 0 Å². The number of fused-ring (bicyclic) bond motifs is 1. The van der Waals surface area contributed by atoms with Crippen LogP contribution < -0.4 is 5.32 Å². The molecule has 2 aromatic heterocycles. The number of nitrogens with zero attached hydrogens (tertiary/aromatic N) is 2. The maximum Gasteiger partial charge on any atom is 0.229 e. The molecule has 2 heterocycles. The molecule has 3 aromatic rings. The van der Waals surface area contributed by atoms with E-state index in [-0.39, 0.29) is 12.3 Å². The van der Waals surface area contributed by atoms with Crippen LogP contribution in [0.15, 0.2) is 42.6 Å². The van der Waals surface area contributed by atoms with Crippen molar-refractivity contribution >= 4 is 34.4 Å². The lowest BCUT2D eigenvalue weighted by atomic mass is 10.1. The number of aromatic nitrogens is 3. The third-order valence-corrected chi connectivity index (χ3v) is 3.12. The molecule has 3 rings (SSSR count). The molecule has 0 saturated carbocycles. The average molecular weight is 287 g/mol. The number of carbonyl (C=O) groups is 1. The van der Waals surface area contributed by atoms with Crippen LogP contribution in [0.25, 0.3) is 11.0 Å². The van der Waals surface area contributed by atoms with Gasteiger partial charge in [-0.3, -0.25) is 9.89 Å². The normalized spacial score (nSPS) is 10.7. The van der Waals surface area contributed by atoms with Crippen molar-refractivity contribution in [3.05, 3.63) is 53.2 Å². The van der Waals surface area contributed by atoms with Crippen molar-refractivity contribution in [2.24, 2.45) is 0 Å². The Morgan fingerprint density at radius 2 is 2.05 bits per heavy atom. The van der Waals surface area contributed by atoms with Gasteiger partial charge < -0.3 is 5.32 Å². The number of nitrogens with one attached hydrogen (secondary N) is 2. The van der Waals surface area contributed by atoms with E-state index >= 15 is 0 Å². The Morgan fingerprint density at radius 3 is 2.85 bits per heavy atom. The summed E-state index contributed by atoms with van der Waals surface area (Å²) in [5.74, 6) is 0.439. The second-order valence-corrected chi connectivity index (χ2v) is 4.76. The molecule has 1 aromatic carbocycles. The summed E-state index contributed by atoms with van der Waals surface area (Å²) in [6.45, 7) is 0. The summed E-state index contributed by atoms with van der Waals surface area (Å²) < 4.78 is 0. The Morgan fingerprint density at radius 1 is 1.25 bits per heavy atom. The lowest BCUT2D eigenvalue weighted by molar-refractivity contribution is -0.115. The van der Waals surface area contributed by atoms with Gasteiger partial charge in [0.25, 0.3) is 0 Å². The fourth-order valence-corrected chi connectivity index (χ4v) is 2.04. The van der Waals surface area contributed by atoms with Gasteiger partial charge in [-0.1, -0.05) is 23.7 Å². The third-order valence-electron chi connectivity index (χ3n) is 2.87. The first kappa shape index (κ1) is 12.6. The zero-order valence-electron chi connectivity index (χ0n) is 10.4. The Hall–Kier alpha value is -2.40. The number of aromatic amines is 1. The van der Waals surface area contributed by atoms with Crippen molar-refractivity contribution in [1.82, 2.24) is 15.2 Å². The van der Waals surface area contributed by atoms with Crippen molar-refractivity contribution in [3.63, 3.8) is 0 Å². The molecular weight excluding hydrogens is 276 g/mol. The van der Waals surface area contributed by atoms with Crippen molar-refractivity contribution in [2.75, 3.05) is 5.32 Å². The smallest absolute Gasteiger partial charge is 0.229 e. The van der Waals surface area contributed by atoms with Crippen molar-refractivity contribution in [3.8, 4) is 0 Å². The summed E-state index contributed by atoms with van der Waals surface area (Å²) in [7, 11) is 0. The van der Waals surface area contributed by atoms with Crippen molar-refractivity contribution in [1.29, 1.82) is 0 Å². The number of hydrogen-bond acceptors (Lipinski definition) is 3. The molecule has 0 saturated heterocycles. The molecule has 0 bridgehead atoms. The molecule has 6 heteroatoms. The van der Waals surface area contributed by atoms with Gasteiger partial charge in [-0.05, 0) is 29.8 Å². The van der Waals surface area contributed by atoms with E-state index in [4.69, 9.17) is 11.6 Å². The predicted molar refractivity (Wildman–Crippen MR) is 77.7 cm³/mol. The van der Waals surface area contributed by atoms with E-state index in [0.717, 1.165) is 10.9 Å². The first-order valence-electron chi connectivity index (χ1n) is 6.06. The highest BCUT2D eigenvalue weighted by Crippen LogP contribution is 2.18. The number of anilines is 1. The monoisotopic (exact) mass is 286 g/mol. The fourth-order valence-electron chi connectivity index (χ4n) is 1.92. The molecule has 5 nitrogen and oxygen atoms in total. The molecule has 0 atom stereocenters. The maximum atomic E-state index is 12.0. The summed E-state index contributed by atoms with van der Waals surface area (Å²) in [4.78, 5) is 16.1. The quantitative estimate of drug-likeness (QED) is 0.778. The summed E-state index contributed by atoms with van der Waals surface area (Å²) in [6, 6.07) is 10.8. The highest BCUT2D eigenvalue weighted by atomic mass is 35.5. The highest BCUT2D eigenvalue weighted by Gasteiger charge is 2.09. The molecule has 0 unspecified atom stereocenters. The van der Waals surface area contributed by atoms with E-state index in [1.54, 1.807) is 24.4 Å². The van der Waals surface area contributed by atoms with Crippen LogP contribution in [0.5, 0.6) is 0 Å². The molecule has 0 aliphatic carbocycles. The average Bonchev–Trinajstić information content (AvgIpc) is 2.85. The Balaban J connectivity index is 1.74. The van der Waals surface area contributed by atoms with E-state index in [1.807, 2.05) is 18.2 Å². The van der Waals surface area contributed by atoms with Gasteiger partial charge in [-0.15, -0.1) is 0 Å². The first-order valence-corrected chi connectivity index (χ1v) is 6.43. The third kappa shape index (κ3) is 2.62. The summed E-state index contributed by atoms with van der Waals surface area (Å²) in [5.41, 5.74) is 1.48. The lowest BCUT2D eigenvalue weighted by Gasteiger charge is -2.03. The van der Waals surface area contributed by atoms with Gasteiger partial charge in [0.2, 0.25) is 5.91 Å². The zero-order valence-corrected chi connectivity index (χ0v) is 11.2. The molecule has 100 valence electrons. The number of hydrogen-bond donors (Lipinski definition) is 2. The van der Waals surface area contributed by atoms with Gasteiger partial charge in [0.05, 0.1) is 11.8 Å². The van der Waals surface area contributed by atoms with Gasteiger partial charge in [0, 0.05) is 11.2 Å². The second-order valence-electron chi connectivity index (χ2n) is 4.32. The van der Waals surface area contributed by atoms with Crippen LogP contribution in [0, 0.1) is 0 Å². The van der Waals surface area contributed by atoms with Gasteiger partial charge in [0.1, 0.15) is 5.82 Å². The Kier molecular flexibility index (Phi) is 3.35. The molecule has 20 heavy (non-hydrogen) atoms. The predicted octanol–water partition coefficient (Wildman–Crippen LogP) is 2.79. The summed E-state index contributed by atoms with van der Waals surface area (Å²) in [6.07, 6.45) is 1.93. The van der Waals surface area contributed by atoms with Gasteiger partial charge in [-0.2, -0.15) is 5.10 Å². The molecule has 0 radical (unpaired) electrons. The lowest BCUT2D eigenvalue weighted by Crippen LogP contribution is -2.14. The number of benzene rings is 1. The molecular formula is C14H11ClN4O. The molecule has 1 amide bonds. The Labute approximate surface area is 120 Å². The topological polar surface area (TPSA) is 70.7 Å². The minimum absolute atomic E-state index is 0.123. The van der Waals surface area contributed by atoms with Crippen molar-refractivity contribution < 1.29 is 4.79 Å². The fraction of sp³-hybridized carbons (Fsp3) is 0.0714. The Bertz CT molecular complexity index is 751. The number of H-pyrrole nitrogens is 1. The minimum atomic E-state index is -0.123. The standard InChI is InChI=1S/C14H11ClN4O/c15-10-5-3-9(4-6-10)8-12(20)17-14-11-2-1-7-16-13(11)18-19-14/h1-7H,8H2,(H2,16,17,18,19,20). The van der Waals surface area contributed by atoms with Gasteiger partial charge in [0.15, 0.2) is 5.65 Å². The van der Waals surface area contributed by atoms with E-state index in [9.17, 15) is 4.79 Å². The second kappa shape index (κ2) is 5.30. The van der Waals surface area contributed by atoms with E-state index in [1.165, 1.54) is 0 Å². The van der Waals surface area contributed by atoms with Crippen LogP contribution in [0.1, 0.15) is 5.56 Å². The number of halogens is 1. The highest BCUT2D eigenvalue weighted by molar-refractivity contribution is 6.30. The van der Waals surface area contributed by atoms with Gasteiger partial charge in [-0.25, -0.2) is 4.98 Å². The number of amides is 1. The molecule has 2 N–H and O–H groups in total. The number of carbonyl (C=O) groups excluding carboxylic acids is 1. The first-order chi connectivity index (χ1) is 9.72. The molecule has 0 spiro atoms. The number of pyridine rings is 1. The SMILES string of the molecule is O=C(Cc1ccc(Cl)cc1)Nc1[nH]nc2ncccc12.